The van der Waals surface area contributed by atoms with Gasteiger partial charge in [-0.2, -0.15) is 13.2 Å². The van der Waals surface area contributed by atoms with Crippen molar-refractivity contribution in [1.29, 1.82) is 0 Å². The maximum absolute atomic E-state index is 13.7. The van der Waals surface area contributed by atoms with E-state index in [-0.39, 0.29) is 10.4 Å². The smallest absolute Gasteiger partial charge is 0.363 e. The first kappa shape index (κ1) is 18.9. The molecule has 3 atom stereocenters. The van der Waals surface area contributed by atoms with Crippen molar-refractivity contribution in [2.75, 3.05) is 0 Å². The van der Waals surface area contributed by atoms with Gasteiger partial charge in [0, 0.05) is 4.47 Å². The number of urea groups is 1. The molecule has 2 heterocycles. The number of Topliss-reactive ketones (excluding diaryl/α,β-unsaturated/α-hetero) is 1. The Morgan fingerprint density at radius 1 is 1.23 bits per heavy atom. The third-order valence-electron chi connectivity index (χ3n) is 4.08. The van der Waals surface area contributed by atoms with E-state index >= 15 is 0 Å². The third kappa shape index (κ3) is 3.24. The molecule has 0 spiro atoms. The van der Waals surface area contributed by atoms with Crippen molar-refractivity contribution in [2.45, 2.75) is 17.9 Å². The van der Waals surface area contributed by atoms with Crippen molar-refractivity contribution < 1.29 is 27.9 Å². The number of alkyl halides is 3. The van der Waals surface area contributed by atoms with Gasteiger partial charge in [-0.1, -0.05) is 34.1 Å². The molecule has 138 valence electrons. The van der Waals surface area contributed by atoms with Crippen molar-refractivity contribution in [1.82, 2.24) is 10.6 Å². The predicted octanol–water partition coefficient (Wildman–Crippen LogP) is 3.61. The van der Waals surface area contributed by atoms with Crippen LogP contribution < -0.4 is 10.6 Å². The lowest BCUT2D eigenvalue weighted by atomic mass is 9.78. The third-order valence-corrected chi connectivity index (χ3v) is 5.49. The van der Waals surface area contributed by atoms with Crippen LogP contribution in [0.25, 0.3) is 0 Å². The molecule has 0 radical (unpaired) electrons. The molecule has 0 bridgehead atoms. The number of thiophene rings is 1. The number of rotatable bonds is 3. The maximum atomic E-state index is 13.7. The summed E-state index contributed by atoms with van der Waals surface area (Å²) in [7, 11) is 0. The Labute approximate surface area is 158 Å². The number of carbonyl (C=O) groups is 2. The summed E-state index contributed by atoms with van der Waals surface area (Å²) in [5, 5.41) is 15.7. The second kappa shape index (κ2) is 6.67. The number of hydrogen-bond donors (Lipinski definition) is 3. The lowest BCUT2D eigenvalue weighted by molar-refractivity contribution is -0.287. The van der Waals surface area contributed by atoms with Gasteiger partial charge in [-0.15, -0.1) is 11.3 Å². The normalized spacial score (nSPS) is 26.1. The van der Waals surface area contributed by atoms with E-state index in [1.54, 1.807) is 17.5 Å². The van der Waals surface area contributed by atoms with Crippen LogP contribution >= 0.6 is 27.3 Å². The summed E-state index contributed by atoms with van der Waals surface area (Å²) in [5.41, 5.74) is -3.44. The molecule has 0 unspecified atom stereocenters. The van der Waals surface area contributed by atoms with Gasteiger partial charge >= 0.3 is 12.2 Å². The highest BCUT2D eigenvalue weighted by molar-refractivity contribution is 9.10. The molecule has 0 aliphatic carbocycles. The number of benzene rings is 1. The van der Waals surface area contributed by atoms with E-state index in [0.29, 0.717) is 4.47 Å². The molecule has 3 rings (SSSR count). The standard InChI is InChI=1S/C16H12BrF3N2O3S/c17-9-5-3-8(4-6-9)12-11(13(23)10-2-1-7-26-10)15(25,16(18,19)20)22-14(24)21-12/h1-7,11-12,25H,(H2,21,22,24)/t11-,12+,15-/m0/s1. The van der Waals surface area contributed by atoms with Crippen LogP contribution in [0.3, 0.4) is 0 Å². The second-order valence-corrected chi connectivity index (χ2v) is 7.57. The first-order valence-electron chi connectivity index (χ1n) is 7.34. The highest BCUT2D eigenvalue weighted by Crippen LogP contribution is 2.44. The molecular weight excluding hydrogens is 437 g/mol. The summed E-state index contributed by atoms with van der Waals surface area (Å²) in [5.74, 6) is -2.92. The van der Waals surface area contributed by atoms with Crippen molar-refractivity contribution in [3.05, 3.63) is 56.7 Å². The van der Waals surface area contributed by atoms with Gasteiger partial charge in [0.25, 0.3) is 0 Å². The fraction of sp³-hybridized carbons (Fsp3) is 0.250. The summed E-state index contributed by atoms with van der Waals surface area (Å²) in [6, 6.07) is 6.42. The van der Waals surface area contributed by atoms with E-state index in [2.05, 4.69) is 21.2 Å². The zero-order chi connectivity index (χ0) is 19.1. The Kier molecular flexibility index (Phi) is 4.84. The van der Waals surface area contributed by atoms with Crippen molar-refractivity contribution >= 4 is 39.1 Å². The maximum Gasteiger partial charge on any atom is 0.437 e. The highest BCUT2D eigenvalue weighted by atomic mass is 79.9. The van der Waals surface area contributed by atoms with Gasteiger partial charge in [0.15, 0.2) is 5.78 Å². The van der Waals surface area contributed by atoms with E-state index in [1.165, 1.54) is 29.6 Å². The topological polar surface area (TPSA) is 78.4 Å². The molecule has 5 nitrogen and oxygen atoms in total. The monoisotopic (exact) mass is 448 g/mol. The van der Waals surface area contributed by atoms with Crippen LogP contribution in [0.5, 0.6) is 0 Å². The van der Waals surface area contributed by atoms with Crippen LogP contribution in [-0.4, -0.2) is 28.8 Å². The molecule has 0 saturated carbocycles. The molecular formula is C16H12BrF3N2O3S. The largest absolute Gasteiger partial charge is 0.437 e. The lowest BCUT2D eigenvalue weighted by Gasteiger charge is -2.44. The minimum atomic E-state index is -5.25. The molecule has 1 aliphatic heterocycles. The van der Waals surface area contributed by atoms with Crippen molar-refractivity contribution in [3.63, 3.8) is 0 Å². The first-order valence-corrected chi connectivity index (χ1v) is 9.02. The Hall–Kier alpha value is -1.91. The number of nitrogens with one attached hydrogen (secondary N) is 2. The average molecular weight is 449 g/mol. The summed E-state index contributed by atoms with van der Waals surface area (Å²) >= 11 is 4.18. The van der Waals surface area contributed by atoms with Gasteiger partial charge in [0.05, 0.1) is 10.9 Å². The summed E-state index contributed by atoms with van der Waals surface area (Å²) in [6.45, 7) is 0. The van der Waals surface area contributed by atoms with E-state index < -0.39 is 35.7 Å². The Morgan fingerprint density at radius 2 is 1.88 bits per heavy atom. The Bertz CT molecular complexity index is 826. The molecule has 2 amide bonds. The highest BCUT2D eigenvalue weighted by Gasteiger charge is 2.66. The van der Waals surface area contributed by atoms with Crippen LogP contribution in [0.2, 0.25) is 0 Å². The number of amides is 2. The van der Waals surface area contributed by atoms with Crippen LogP contribution in [0.4, 0.5) is 18.0 Å². The number of hydrogen-bond acceptors (Lipinski definition) is 4. The zero-order valence-corrected chi connectivity index (χ0v) is 15.3. The molecule has 1 aromatic heterocycles. The lowest BCUT2D eigenvalue weighted by Crippen LogP contribution is -2.72. The van der Waals surface area contributed by atoms with Crippen LogP contribution in [0.1, 0.15) is 21.3 Å². The van der Waals surface area contributed by atoms with Gasteiger partial charge in [0.1, 0.15) is 5.92 Å². The predicted molar refractivity (Wildman–Crippen MR) is 91.7 cm³/mol. The number of halogens is 4. The van der Waals surface area contributed by atoms with Gasteiger partial charge in [-0.25, -0.2) is 4.79 Å². The Balaban J connectivity index is 2.14. The van der Waals surface area contributed by atoms with Crippen LogP contribution in [-0.2, 0) is 0 Å². The number of ketones is 1. The minimum Gasteiger partial charge on any atom is -0.363 e. The second-order valence-electron chi connectivity index (χ2n) is 5.71. The van der Waals surface area contributed by atoms with E-state index in [0.717, 1.165) is 11.3 Å². The molecule has 1 saturated heterocycles. The van der Waals surface area contributed by atoms with E-state index in [1.807, 2.05) is 0 Å². The quantitative estimate of drug-likeness (QED) is 0.627. The molecule has 1 aliphatic rings. The fourth-order valence-electron chi connectivity index (χ4n) is 2.86. The summed E-state index contributed by atoms with van der Waals surface area (Å²) in [4.78, 5) is 24.7. The minimum absolute atomic E-state index is 0.0535. The molecule has 3 N–H and O–H groups in total. The molecule has 10 heteroatoms. The fourth-order valence-corrected chi connectivity index (χ4v) is 3.83. The molecule has 1 fully saturated rings. The van der Waals surface area contributed by atoms with Gasteiger partial charge < -0.3 is 15.7 Å². The summed E-state index contributed by atoms with van der Waals surface area (Å²) < 4.78 is 41.6. The zero-order valence-electron chi connectivity index (χ0n) is 12.9. The van der Waals surface area contributed by atoms with Crippen molar-refractivity contribution in [2.24, 2.45) is 5.92 Å². The first-order chi connectivity index (χ1) is 12.1. The summed E-state index contributed by atoms with van der Waals surface area (Å²) in [6.07, 6.45) is -5.25. The van der Waals surface area contributed by atoms with Gasteiger partial charge in [-0.05, 0) is 29.1 Å². The van der Waals surface area contributed by atoms with Crippen molar-refractivity contribution in [3.8, 4) is 0 Å². The van der Waals surface area contributed by atoms with Crippen LogP contribution in [0.15, 0.2) is 46.3 Å². The van der Waals surface area contributed by atoms with Crippen LogP contribution in [0, 0.1) is 5.92 Å². The Morgan fingerprint density at radius 3 is 2.42 bits per heavy atom. The molecule has 26 heavy (non-hydrogen) atoms. The molecule has 1 aromatic carbocycles. The molecule has 2 aromatic rings. The van der Waals surface area contributed by atoms with E-state index in [9.17, 15) is 27.9 Å². The SMILES string of the molecule is O=C1N[C@H](c2ccc(Br)cc2)[C@@H](C(=O)c2cccs2)[C@](O)(C(F)(F)F)N1. The van der Waals surface area contributed by atoms with Gasteiger partial charge in [-0.3, -0.25) is 4.79 Å². The number of carbonyl (C=O) groups excluding carboxylic acids is 2. The van der Waals surface area contributed by atoms with E-state index in [4.69, 9.17) is 0 Å². The average Bonchev–Trinajstić information content (AvgIpc) is 3.08. The van der Waals surface area contributed by atoms with Gasteiger partial charge in [0.2, 0.25) is 5.72 Å². The number of aliphatic hydroxyl groups is 1.